The Morgan fingerprint density at radius 2 is 1.88 bits per heavy atom. The molecule has 0 saturated carbocycles. The lowest BCUT2D eigenvalue weighted by Gasteiger charge is -2.34. The summed E-state index contributed by atoms with van der Waals surface area (Å²) in [5.41, 5.74) is 4.67. The summed E-state index contributed by atoms with van der Waals surface area (Å²) in [4.78, 5) is 15.4. The van der Waals surface area contributed by atoms with Gasteiger partial charge in [0.15, 0.2) is 6.23 Å². The minimum absolute atomic E-state index is 0.0669. The highest BCUT2D eigenvalue weighted by Gasteiger charge is 2.49. The first-order chi connectivity index (χ1) is 15.0. The van der Waals surface area contributed by atoms with Crippen LogP contribution >= 0.6 is 0 Å². The van der Waals surface area contributed by atoms with Crippen LogP contribution in [0.2, 0.25) is 0 Å². The fraction of sp³-hybridized carbons (Fsp3) is 0.870. The van der Waals surface area contributed by atoms with Gasteiger partial charge in [0, 0.05) is 7.11 Å². The molecule has 1 amide bonds. The van der Waals surface area contributed by atoms with Crippen LogP contribution in [0.25, 0.3) is 0 Å². The van der Waals surface area contributed by atoms with Crippen LogP contribution in [-0.2, 0) is 18.9 Å². The molecule has 1 aliphatic heterocycles. The maximum Gasteiger partial charge on any atom is 0.288 e. The molecule has 2 N–H and O–H groups in total. The lowest BCUT2D eigenvalue weighted by molar-refractivity contribution is -0.150. The first-order valence-corrected chi connectivity index (χ1v) is 11.7. The molecule has 1 aromatic rings. The van der Waals surface area contributed by atoms with Gasteiger partial charge in [-0.15, -0.1) is 5.10 Å². The van der Waals surface area contributed by atoms with Gasteiger partial charge in [-0.05, 0) is 40.5 Å². The van der Waals surface area contributed by atoms with E-state index in [1.54, 1.807) is 7.11 Å². The topological polar surface area (TPSA) is 111 Å². The zero-order chi connectivity index (χ0) is 23.9. The number of rotatable bonds is 14. The van der Waals surface area contributed by atoms with E-state index in [9.17, 15) is 4.79 Å². The van der Waals surface area contributed by atoms with Crippen LogP contribution in [0, 0.1) is 0 Å². The third kappa shape index (κ3) is 7.23. The summed E-state index contributed by atoms with van der Waals surface area (Å²) in [5.74, 6) is -0.761. The van der Waals surface area contributed by atoms with E-state index in [2.05, 4.69) is 37.8 Å². The zero-order valence-corrected chi connectivity index (χ0v) is 20.8. The summed E-state index contributed by atoms with van der Waals surface area (Å²) < 4.78 is 26.4. The van der Waals surface area contributed by atoms with Gasteiger partial charge in [-0.2, -0.15) is 0 Å². The second-order valence-corrected chi connectivity index (χ2v) is 9.75. The van der Waals surface area contributed by atoms with Crippen LogP contribution < -0.4 is 5.73 Å². The maximum absolute atomic E-state index is 11.4. The van der Waals surface area contributed by atoms with E-state index in [-0.39, 0.29) is 29.2 Å². The molecule has 9 heteroatoms. The predicted molar refractivity (Wildman–Crippen MR) is 121 cm³/mol. The fourth-order valence-corrected chi connectivity index (χ4v) is 3.77. The molecule has 9 nitrogen and oxygen atoms in total. The number of amides is 1. The highest BCUT2D eigenvalue weighted by molar-refractivity contribution is 5.88. The second-order valence-electron chi connectivity index (χ2n) is 9.75. The quantitative estimate of drug-likeness (QED) is 0.427. The largest absolute Gasteiger partial charge is 0.374 e. The lowest BCUT2D eigenvalue weighted by atomic mass is 9.99. The van der Waals surface area contributed by atoms with E-state index in [0.717, 1.165) is 19.3 Å². The van der Waals surface area contributed by atoms with Crippen molar-refractivity contribution in [1.29, 1.82) is 0 Å². The molecule has 0 radical (unpaired) electrons. The third-order valence-corrected chi connectivity index (χ3v) is 6.12. The van der Waals surface area contributed by atoms with E-state index in [1.165, 1.54) is 30.3 Å². The zero-order valence-electron chi connectivity index (χ0n) is 20.8. The average molecular weight is 455 g/mol. The number of hydrogen-bond donors (Lipinski definition) is 1. The van der Waals surface area contributed by atoms with Gasteiger partial charge >= 0.3 is 0 Å². The van der Waals surface area contributed by atoms with Crippen molar-refractivity contribution in [3.63, 3.8) is 0 Å². The van der Waals surface area contributed by atoms with Gasteiger partial charge in [0.1, 0.15) is 24.6 Å². The van der Waals surface area contributed by atoms with Gasteiger partial charge in [0.25, 0.3) is 5.91 Å². The van der Waals surface area contributed by atoms with Crippen molar-refractivity contribution < 1.29 is 23.7 Å². The number of nitrogens with zero attached hydrogens (tertiary/aromatic N) is 3. The summed E-state index contributed by atoms with van der Waals surface area (Å²) in [5, 5.41) is 4.17. The van der Waals surface area contributed by atoms with Crippen molar-refractivity contribution >= 4 is 5.91 Å². The third-order valence-electron chi connectivity index (χ3n) is 6.12. The number of unbranched alkanes of at least 4 members (excludes halogenated alkanes) is 3. The molecule has 1 aliphatic rings. The molecule has 1 aromatic heterocycles. The Morgan fingerprint density at radius 3 is 2.44 bits per heavy atom. The lowest BCUT2D eigenvalue weighted by Crippen LogP contribution is -2.44. The predicted octanol–water partition coefficient (Wildman–Crippen LogP) is 3.63. The van der Waals surface area contributed by atoms with E-state index >= 15 is 0 Å². The van der Waals surface area contributed by atoms with Crippen molar-refractivity contribution in [3.05, 3.63) is 12.2 Å². The molecule has 0 spiro atoms. The number of carbonyl (C=O) groups is 1. The molecule has 2 heterocycles. The molecule has 1 saturated heterocycles. The summed E-state index contributed by atoms with van der Waals surface area (Å²) in [6, 6.07) is 0. The Kier molecular flexibility index (Phi) is 9.63. The molecular formula is C23H42N4O5. The Bertz CT molecular complexity index is 721. The number of primary amides is 1. The monoisotopic (exact) mass is 454 g/mol. The number of nitrogens with two attached hydrogens (primary N) is 1. The summed E-state index contributed by atoms with van der Waals surface area (Å²) >= 11 is 0. The van der Waals surface area contributed by atoms with Gasteiger partial charge in [-0.1, -0.05) is 39.5 Å². The van der Waals surface area contributed by atoms with E-state index in [1.807, 2.05) is 13.8 Å². The van der Waals surface area contributed by atoms with Gasteiger partial charge in [-0.25, -0.2) is 9.67 Å². The summed E-state index contributed by atoms with van der Waals surface area (Å²) in [7, 11) is 1.61. The first kappa shape index (κ1) is 26.7. The van der Waals surface area contributed by atoms with Gasteiger partial charge in [0.2, 0.25) is 5.82 Å². The Balaban J connectivity index is 2.16. The van der Waals surface area contributed by atoms with E-state index in [4.69, 9.17) is 24.7 Å². The number of methoxy groups -OCH3 is 1. The maximum atomic E-state index is 11.4. The number of hydrogen-bond acceptors (Lipinski definition) is 7. The molecule has 0 unspecified atom stereocenters. The van der Waals surface area contributed by atoms with Crippen molar-refractivity contribution in [1.82, 2.24) is 14.8 Å². The number of carbonyl (C=O) groups excluding carboxylic acids is 1. The first-order valence-electron chi connectivity index (χ1n) is 11.7. The Labute approximate surface area is 192 Å². The molecule has 0 bridgehead atoms. The fourth-order valence-electron chi connectivity index (χ4n) is 3.77. The van der Waals surface area contributed by atoms with Crippen molar-refractivity contribution in [2.24, 2.45) is 5.73 Å². The normalized spacial score (nSPS) is 24.2. The highest BCUT2D eigenvalue weighted by Crippen LogP contribution is 2.36. The van der Waals surface area contributed by atoms with Crippen LogP contribution in [0.3, 0.4) is 0 Å². The van der Waals surface area contributed by atoms with Crippen LogP contribution in [-0.4, -0.2) is 63.9 Å². The second kappa shape index (κ2) is 11.5. The van der Waals surface area contributed by atoms with E-state index in [0.29, 0.717) is 6.61 Å². The molecule has 0 aliphatic carbocycles. The van der Waals surface area contributed by atoms with Gasteiger partial charge in [-0.3, -0.25) is 4.79 Å². The molecule has 2 rings (SSSR count). The molecule has 4 atom stereocenters. The smallest absolute Gasteiger partial charge is 0.288 e. The standard InChI is InChI=1S/C23H42N4O5/c1-8-10-11-12-13-23(5,6)30-14-16-17(32-22(3,4)9-2)18(29-7)21(31-16)27-15-25-20(26-27)19(24)28/h15-18,21H,8-14H2,1-7H3,(H2,24,28)/t16-,17-,18-,21-/m1/s1. The molecular weight excluding hydrogens is 412 g/mol. The average Bonchev–Trinajstić information content (AvgIpc) is 3.34. The van der Waals surface area contributed by atoms with Crippen LogP contribution in [0.1, 0.15) is 96.9 Å². The van der Waals surface area contributed by atoms with Crippen LogP contribution in [0.5, 0.6) is 0 Å². The molecule has 184 valence electrons. The number of ether oxygens (including phenoxy) is 4. The van der Waals surface area contributed by atoms with Crippen molar-refractivity contribution in [2.75, 3.05) is 13.7 Å². The van der Waals surface area contributed by atoms with Crippen molar-refractivity contribution in [2.45, 2.75) is 116 Å². The SMILES string of the molecule is CCCCCCC(C)(C)OC[C@H]1O[C@@H](n2cnc(C(N)=O)n2)[C@H](OC)[C@@H]1OC(C)(C)CC. The van der Waals surface area contributed by atoms with Gasteiger partial charge < -0.3 is 24.7 Å². The van der Waals surface area contributed by atoms with Crippen LogP contribution in [0.4, 0.5) is 0 Å². The van der Waals surface area contributed by atoms with E-state index < -0.39 is 18.2 Å². The highest BCUT2D eigenvalue weighted by atomic mass is 16.6. The number of aromatic nitrogens is 3. The van der Waals surface area contributed by atoms with Crippen LogP contribution in [0.15, 0.2) is 6.33 Å². The molecule has 1 fully saturated rings. The molecule has 0 aromatic carbocycles. The molecule has 32 heavy (non-hydrogen) atoms. The summed E-state index contributed by atoms with van der Waals surface area (Å²) in [6.07, 6.45) is 6.22. The Hall–Kier alpha value is -1.55. The van der Waals surface area contributed by atoms with Gasteiger partial charge in [0.05, 0.1) is 17.8 Å². The van der Waals surface area contributed by atoms with Crippen molar-refractivity contribution in [3.8, 4) is 0 Å². The minimum Gasteiger partial charge on any atom is -0.374 e. The summed E-state index contributed by atoms with van der Waals surface area (Å²) in [6.45, 7) is 13.0. The Morgan fingerprint density at radius 1 is 1.16 bits per heavy atom. The minimum atomic E-state index is -0.694.